The van der Waals surface area contributed by atoms with E-state index < -0.39 is 0 Å². The zero-order valence-corrected chi connectivity index (χ0v) is 13.9. The smallest absolute Gasteiger partial charge is 0.180 e. The topological polar surface area (TPSA) is 38.1 Å². The van der Waals surface area contributed by atoms with E-state index in [2.05, 4.69) is 76.1 Å². The Labute approximate surface area is 127 Å². The van der Waals surface area contributed by atoms with Crippen LogP contribution in [-0.2, 0) is 5.41 Å². The van der Waals surface area contributed by atoms with Crippen molar-refractivity contribution in [2.45, 2.75) is 58.5 Å². The summed E-state index contributed by atoms with van der Waals surface area (Å²) < 4.78 is 5.16. The molecule has 114 valence electrons. The fraction of sp³-hybridized carbons (Fsp3) is 0.500. The third-order valence-electron chi connectivity index (χ3n) is 3.43. The number of hydrogen-bond donors (Lipinski definition) is 1. The molecule has 0 saturated carbocycles. The normalized spacial score (nSPS) is 14.2. The summed E-state index contributed by atoms with van der Waals surface area (Å²) >= 11 is 0. The summed E-state index contributed by atoms with van der Waals surface area (Å²) in [5, 5.41) is 3.61. The van der Waals surface area contributed by atoms with Crippen molar-refractivity contribution in [3.63, 3.8) is 0 Å². The van der Waals surface area contributed by atoms with Gasteiger partial charge in [-0.05, 0) is 37.3 Å². The molecule has 0 amide bonds. The van der Waals surface area contributed by atoms with E-state index in [1.54, 1.807) is 6.26 Å². The lowest BCUT2D eigenvalue weighted by atomic mass is 9.86. The van der Waals surface area contributed by atoms with Crippen LogP contribution in [-0.4, -0.2) is 10.5 Å². The molecule has 0 aliphatic rings. The predicted molar refractivity (Wildman–Crippen MR) is 86.4 cm³/mol. The Bertz CT molecular complexity index is 557. The van der Waals surface area contributed by atoms with Crippen LogP contribution >= 0.6 is 0 Å². The molecule has 0 aliphatic carbocycles. The second-order valence-corrected chi connectivity index (χ2v) is 7.61. The van der Waals surface area contributed by atoms with Crippen molar-refractivity contribution >= 4 is 0 Å². The highest BCUT2D eigenvalue weighted by Gasteiger charge is 2.23. The Morgan fingerprint density at radius 3 is 2.05 bits per heavy atom. The second-order valence-electron chi connectivity index (χ2n) is 7.61. The Morgan fingerprint density at radius 1 is 1.00 bits per heavy atom. The second kappa shape index (κ2) is 5.64. The van der Waals surface area contributed by atoms with Crippen LogP contribution in [0.3, 0.4) is 0 Å². The standard InChI is InChI=1S/C18H26N2O/c1-17(2,3)14-9-7-13(8-10-14)16(20-18(4,5)6)15-11-21-12-19-15/h7-12,16,20H,1-6H3/t16-/m1/s1. The summed E-state index contributed by atoms with van der Waals surface area (Å²) in [6.45, 7) is 13.1. The molecule has 2 rings (SSSR count). The molecule has 2 aromatic rings. The summed E-state index contributed by atoms with van der Waals surface area (Å²) in [5.41, 5.74) is 3.60. The molecule has 1 aromatic heterocycles. The minimum absolute atomic E-state index is 0.00762. The summed E-state index contributed by atoms with van der Waals surface area (Å²) in [6.07, 6.45) is 3.19. The van der Waals surface area contributed by atoms with E-state index in [-0.39, 0.29) is 17.0 Å². The summed E-state index contributed by atoms with van der Waals surface area (Å²) in [6, 6.07) is 8.80. The molecule has 1 atom stereocenters. The van der Waals surface area contributed by atoms with Crippen molar-refractivity contribution in [1.29, 1.82) is 0 Å². The highest BCUT2D eigenvalue weighted by molar-refractivity contribution is 5.32. The third kappa shape index (κ3) is 4.18. The average Bonchev–Trinajstić information content (AvgIpc) is 2.88. The van der Waals surface area contributed by atoms with Gasteiger partial charge in [-0.3, -0.25) is 0 Å². The molecule has 0 bridgehead atoms. The number of benzene rings is 1. The molecular formula is C18H26N2O. The van der Waals surface area contributed by atoms with Crippen LogP contribution in [0.5, 0.6) is 0 Å². The van der Waals surface area contributed by atoms with Crippen molar-refractivity contribution in [2.75, 3.05) is 0 Å². The van der Waals surface area contributed by atoms with Crippen molar-refractivity contribution < 1.29 is 4.42 Å². The van der Waals surface area contributed by atoms with Gasteiger partial charge in [-0.25, -0.2) is 4.98 Å². The van der Waals surface area contributed by atoms with E-state index in [9.17, 15) is 0 Å². The quantitative estimate of drug-likeness (QED) is 0.906. The van der Waals surface area contributed by atoms with E-state index in [4.69, 9.17) is 4.42 Å². The van der Waals surface area contributed by atoms with Crippen molar-refractivity contribution in [3.05, 3.63) is 53.7 Å². The van der Waals surface area contributed by atoms with Crippen LogP contribution in [0.4, 0.5) is 0 Å². The highest BCUT2D eigenvalue weighted by atomic mass is 16.3. The van der Waals surface area contributed by atoms with Gasteiger partial charge in [-0.1, -0.05) is 45.0 Å². The zero-order valence-electron chi connectivity index (χ0n) is 13.9. The number of rotatable bonds is 3. The maximum atomic E-state index is 5.16. The minimum atomic E-state index is -0.00762. The molecule has 3 nitrogen and oxygen atoms in total. The number of aromatic nitrogens is 1. The predicted octanol–water partition coefficient (Wildman–Crippen LogP) is 4.45. The van der Waals surface area contributed by atoms with Gasteiger partial charge in [0.2, 0.25) is 0 Å². The van der Waals surface area contributed by atoms with E-state index in [1.807, 2.05) is 0 Å². The van der Waals surface area contributed by atoms with Gasteiger partial charge in [0.15, 0.2) is 6.39 Å². The molecule has 0 spiro atoms. The fourth-order valence-electron chi connectivity index (χ4n) is 2.30. The van der Waals surface area contributed by atoms with Crippen LogP contribution in [0.15, 0.2) is 41.3 Å². The molecular weight excluding hydrogens is 260 g/mol. The lowest BCUT2D eigenvalue weighted by Crippen LogP contribution is -2.39. The largest absolute Gasteiger partial charge is 0.451 e. The first-order valence-electron chi connectivity index (χ1n) is 7.43. The molecule has 1 aromatic carbocycles. The van der Waals surface area contributed by atoms with E-state index >= 15 is 0 Å². The molecule has 0 unspecified atom stereocenters. The van der Waals surface area contributed by atoms with Crippen molar-refractivity contribution in [2.24, 2.45) is 0 Å². The van der Waals surface area contributed by atoms with Gasteiger partial charge in [-0.15, -0.1) is 0 Å². The Morgan fingerprint density at radius 2 is 1.62 bits per heavy atom. The monoisotopic (exact) mass is 286 g/mol. The first-order valence-corrected chi connectivity index (χ1v) is 7.43. The number of oxazole rings is 1. The van der Waals surface area contributed by atoms with Crippen LogP contribution in [0.1, 0.15) is 64.4 Å². The van der Waals surface area contributed by atoms with Gasteiger partial charge < -0.3 is 9.73 Å². The summed E-state index contributed by atoms with van der Waals surface area (Å²) in [4.78, 5) is 4.32. The Balaban J connectivity index is 2.33. The molecule has 1 heterocycles. The maximum Gasteiger partial charge on any atom is 0.180 e. The van der Waals surface area contributed by atoms with Crippen LogP contribution < -0.4 is 5.32 Å². The van der Waals surface area contributed by atoms with E-state index in [0.29, 0.717) is 0 Å². The minimum Gasteiger partial charge on any atom is -0.451 e. The van der Waals surface area contributed by atoms with Crippen LogP contribution in [0, 0.1) is 0 Å². The molecule has 0 aliphatic heterocycles. The molecule has 0 radical (unpaired) electrons. The van der Waals surface area contributed by atoms with Crippen molar-refractivity contribution in [1.82, 2.24) is 10.3 Å². The number of nitrogens with one attached hydrogen (secondary N) is 1. The van der Waals surface area contributed by atoms with E-state index in [1.165, 1.54) is 17.5 Å². The lowest BCUT2D eigenvalue weighted by molar-refractivity contribution is 0.386. The lowest BCUT2D eigenvalue weighted by Gasteiger charge is -2.28. The Hall–Kier alpha value is -1.61. The van der Waals surface area contributed by atoms with Gasteiger partial charge >= 0.3 is 0 Å². The average molecular weight is 286 g/mol. The summed E-state index contributed by atoms with van der Waals surface area (Å²) in [7, 11) is 0. The first kappa shape index (κ1) is 15.8. The third-order valence-corrected chi connectivity index (χ3v) is 3.43. The fourth-order valence-corrected chi connectivity index (χ4v) is 2.30. The summed E-state index contributed by atoms with van der Waals surface area (Å²) in [5.74, 6) is 0. The Kier molecular flexibility index (Phi) is 4.24. The van der Waals surface area contributed by atoms with Gasteiger partial charge in [0.1, 0.15) is 12.0 Å². The number of hydrogen-bond acceptors (Lipinski definition) is 3. The molecule has 0 fully saturated rings. The van der Waals surface area contributed by atoms with Gasteiger partial charge in [0.05, 0.1) is 6.04 Å². The van der Waals surface area contributed by atoms with Gasteiger partial charge in [0.25, 0.3) is 0 Å². The molecule has 3 heteroatoms. The molecule has 1 N–H and O–H groups in total. The SMILES string of the molecule is CC(C)(C)N[C@H](c1ccc(C(C)(C)C)cc1)c1cocn1. The van der Waals surface area contributed by atoms with Crippen LogP contribution in [0.25, 0.3) is 0 Å². The molecule has 21 heavy (non-hydrogen) atoms. The highest BCUT2D eigenvalue weighted by Crippen LogP contribution is 2.27. The van der Waals surface area contributed by atoms with Crippen molar-refractivity contribution in [3.8, 4) is 0 Å². The van der Waals surface area contributed by atoms with E-state index in [0.717, 1.165) is 5.69 Å². The van der Waals surface area contributed by atoms with Crippen LogP contribution in [0.2, 0.25) is 0 Å². The van der Waals surface area contributed by atoms with Gasteiger partial charge in [-0.2, -0.15) is 0 Å². The number of nitrogens with zero attached hydrogens (tertiary/aromatic N) is 1. The zero-order chi connectivity index (χ0) is 15.7. The maximum absolute atomic E-state index is 5.16. The van der Waals surface area contributed by atoms with Gasteiger partial charge in [0, 0.05) is 5.54 Å². The first-order chi connectivity index (χ1) is 9.67. The molecule has 0 saturated heterocycles.